The lowest BCUT2D eigenvalue weighted by Gasteiger charge is -2.60. The zero-order valence-electron chi connectivity index (χ0n) is 16.1. The Kier molecular flexibility index (Phi) is 4.55. The smallest absolute Gasteiger partial charge is 0.341 e. The summed E-state index contributed by atoms with van der Waals surface area (Å²) in [6.07, 6.45) is 8.06. The lowest BCUT2D eigenvalue weighted by atomic mass is 9.52. The third-order valence-electron chi connectivity index (χ3n) is 7.02. The Morgan fingerprint density at radius 2 is 1.73 bits per heavy atom. The van der Waals surface area contributed by atoms with E-state index in [1.807, 2.05) is 13.8 Å². The van der Waals surface area contributed by atoms with Gasteiger partial charge in [-0.05, 0) is 87.9 Å². The number of thiocarbonyl (C=S) groups is 1. The number of hydrogen-bond acceptors (Lipinski definition) is 4. The third-order valence-corrected chi connectivity index (χ3v) is 8.52. The van der Waals surface area contributed by atoms with Crippen molar-refractivity contribution in [2.75, 3.05) is 19.5 Å². The number of thiophene rings is 1. The summed E-state index contributed by atoms with van der Waals surface area (Å²) >= 11 is 7.38. The quantitative estimate of drug-likeness (QED) is 0.594. The van der Waals surface area contributed by atoms with E-state index < -0.39 is 0 Å². The van der Waals surface area contributed by atoms with Gasteiger partial charge in [-0.3, -0.25) is 0 Å². The number of esters is 1. The molecular formula is C20H28N2O2S2. The van der Waals surface area contributed by atoms with Crippen LogP contribution in [0.3, 0.4) is 0 Å². The van der Waals surface area contributed by atoms with Crippen molar-refractivity contribution in [3.63, 3.8) is 0 Å². The summed E-state index contributed by atoms with van der Waals surface area (Å²) in [5.74, 6) is 2.34. The molecule has 4 saturated carbocycles. The molecule has 1 N–H and O–H groups in total. The molecule has 0 aliphatic heterocycles. The van der Waals surface area contributed by atoms with Crippen molar-refractivity contribution in [2.45, 2.75) is 57.9 Å². The first-order valence-electron chi connectivity index (χ1n) is 9.56. The van der Waals surface area contributed by atoms with Gasteiger partial charge >= 0.3 is 5.97 Å². The van der Waals surface area contributed by atoms with Crippen LogP contribution in [0.25, 0.3) is 0 Å². The standard InChI is InChI=1S/C20H28N2O2S2/c1-11-12(2)26-17(16(11)18(23)24-4)21-19(25)22(3)20-8-13-5-14(9-20)7-15(6-13)10-20/h13-15H,5-10H2,1-4H3,(H,21,25). The minimum absolute atomic E-state index is 0.214. The predicted molar refractivity (Wildman–Crippen MR) is 110 cm³/mol. The van der Waals surface area contributed by atoms with Crippen molar-refractivity contribution in [2.24, 2.45) is 17.8 Å². The van der Waals surface area contributed by atoms with Gasteiger partial charge in [0.15, 0.2) is 5.11 Å². The first kappa shape index (κ1) is 18.2. The number of nitrogens with one attached hydrogen (secondary N) is 1. The molecule has 0 amide bonds. The molecule has 0 atom stereocenters. The number of hydrogen-bond donors (Lipinski definition) is 1. The largest absolute Gasteiger partial charge is 0.465 e. The Hall–Kier alpha value is -1.14. The van der Waals surface area contributed by atoms with Crippen molar-refractivity contribution in [3.8, 4) is 0 Å². The maximum Gasteiger partial charge on any atom is 0.341 e. The Labute approximate surface area is 165 Å². The van der Waals surface area contributed by atoms with Gasteiger partial charge < -0.3 is 15.0 Å². The maximum absolute atomic E-state index is 12.2. The van der Waals surface area contributed by atoms with Gasteiger partial charge in [0.1, 0.15) is 5.00 Å². The fraction of sp³-hybridized carbons (Fsp3) is 0.700. The van der Waals surface area contributed by atoms with E-state index >= 15 is 0 Å². The molecule has 0 spiro atoms. The summed E-state index contributed by atoms with van der Waals surface area (Å²) in [5.41, 5.74) is 1.81. The maximum atomic E-state index is 12.2. The molecule has 1 aromatic rings. The topological polar surface area (TPSA) is 41.6 Å². The molecule has 6 heteroatoms. The third kappa shape index (κ3) is 2.85. The molecule has 0 radical (unpaired) electrons. The highest BCUT2D eigenvalue weighted by Gasteiger charge is 2.53. The lowest BCUT2D eigenvalue weighted by molar-refractivity contribution is -0.0538. The van der Waals surface area contributed by atoms with E-state index in [1.165, 1.54) is 45.6 Å². The van der Waals surface area contributed by atoms with Crippen molar-refractivity contribution in [3.05, 3.63) is 16.0 Å². The molecule has 4 aliphatic carbocycles. The zero-order valence-corrected chi connectivity index (χ0v) is 17.7. The van der Waals surface area contributed by atoms with E-state index in [1.54, 1.807) is 11.3 Å². The molecule has 4 bridgehead atoms. The van der Waals surface area contributed by atoms with E-state index in [-0.39, 0.29) is 11.5 Å². The number of aryl methyl sites for hydroxylation is 1. The van der Waals surface area contributed by atoms with E-state index in [0.29, 0.717) is 5.56 Å². The van der Waals surface area contributed by atoms with Gasteiger partial charge in [-0.1, -0.05) is 0 Å². The predicted octanol–water partition coefficient (Wildman–Crippen LogP) is 4.75. The second-order valence-electron chi connectivity index (χ2n) is 8.61. The van der Waals surface area contributed by atoms with E-state index in [4.69, 9.17) is 17.0 Å². The lowest BCUT2D eigenvalue weighted by Crippen LogP contribution is -2.60. The summed E-state index contributed by atoms with van der Waals surface area (Å²) in [5, 5.41) is 4.94. The Balaban J connectivity index is 1.56. The number of nitrogens with zero attached hydrogens (tertiary/aromatic N) is 1. The van der Waals surface area contributed by atoms with Crippen LogP contribution in [-0.4, -0.2) is 35.7 Å². The SMILES string of the molecule is COC(=O)c1c(NC(=S)N(C)C23CC4CC(CC(C4)C2)C3)sc(C)c1C. The monoisotopic (exact) mass is 392 g/mol. The minimum atomic E-state index is -0.297. The van der Waals surface area contributed by atoms with Gasteiger partial charge in [0.25, 0.3) is 0 Å². The van der Waals surface area contributed by atoms with Gasteiger partial charge in [-0.2, -0.15) is 0 Å². The zero-order chi connectivity index (χ0) is 18.6. The highest BCUT2D eigenvalue weighted by molar-refractivity contribution is 7.80. The van der Waals surface area contributed by atoms with Crippen LogP contribution in [0.2, 0.25) is 0 Å². The number of rotatable bonds is 3. The number of methoxy groups -OCH3 is 1. The number of carbonyl (C=O) groups excluding carboxylic acids is 1. The van der Waals surface area contributed by atoms with Crippen molar-refractivity contribution >= 4 is 39.6 Å². The molecule has 4 nitrogen and oxygen atoms in total. The Morgan fingerprint density at radius 1 is 1.19 bits per heavy atom. The summed E-state index contributed by atoms with van der Waals surface area (Å²) in [4.78, 5) is 15.7. The molecule has 26 heavy (non-hydrogen) atoms. The van der Waals surface area contributed by atoms with E-state index in [2.05, 4.69) is 17.3 Å². The molecule has 4 aliphatic rings. The number of carbonyl (C=O) groups is 1. The fourth-order valence-electron chi connectivity index (χ4n) is 5.93. The Morgan fingerprint density at radius 3 is 2.23 bits per heavy atom. The highest BCUT2D eigenvalue weighted by Crippen LogP contribution is 2.57. The first-order valence-corrected chi connectivity index (χ1v) is 10.8. The van der Waals surface area contributed by atoms with Crippen LogP contribution < -0.4 is 5.32 Å². The van der Waals surface area contributed by atoms with Gasteiger partial charge in [-0.15, -0.1) is 11.3 Å². The molecule has 0 saturated heterocycles. The minimum Gasteiger partial charge on any atom is -0.465 e. The van der Waals surface area contributed by atoms with Gasteiger partial charge in [0, 0.05) is 17.5 Å². The number of ether oxygens (including phenoxy) is 1. The Bertz CT molecular complexity index is 720. The second kappa shape index (κ2) is 6.48. The van der Waals surface area contributed by atoms with Crippen LogP contribution in [0.1, 0.15) is 59.3 Å². The van der Waals surface area contributed by atoms with Crippen molar-refractivity contribution < 1.29 is 9.53 Å². The molecule has 5 rings (SSSR count). The molecule has 1 heterocycles. The van der Waals surface area contributed by atoms with E-state index in [0.717, 1.165) is 38.3 Å². The molecule has 0 aromatic carbocycles. The highest BCUT2D eigenvalue weighted by atomic mass is 32.1. The van der Waals surface area contributed by atoms with Crippen LogP contribution in [0.5, 0.6) is 0 Å². The average molecular weight is 393 g/mol. The summed E-state index contributed by atoms with van der Waals surface area (Å²) < 4.78 is 4.98. The van der Waals surface area contributed by atoms with Crippen molar-refractivity contribution in [1.29, 1.82) is 0 Å². The van der Waals surface area contributed by atoms with E-state index in [9.17, 15) is 4.79 Å². The molecule has 1 aromatic heterocycles. The molecule has 4 fully saturated rings. The van der Waals surface area contributed by atoms with Gasteiger partial charge in [0.05, 0.1) is 12.7 Å². The first-order chi connectivity index (χ1) is 12.3. The number of anilines is 1. The molecule has 142 valence electrons. The molecular weight excluding hydrogens is 364 g/mol. The average Bonchev–Trinajstić information content (AvgIpc) is 2.86. The summed E-state index contributed by atoms with van der Waals surface area (Å²) in [6.45, 7) is 4.00. The van der Waals surface area contributed by atoms with Gasteiger partial charge in [0.2, 0.25) is 0 Å². The van der Waals surface area contributed by atoms with Crippen LogP contribution >= 0.6 is 23.6 Å². The summed E-state index contributed by atoms with van der Waals surface area (Å²) in [6, 6.07) is 0. The normalized spacial score (nSPS) is 31.8. The van der Waals surface area contributed by atoms with Crippen LogP contribution in [0.4, 0.5) is 5.00 Å². The van der Waals surface area contributed by atoms with Crippen LogP contribution in [0, 0.1) is 31.6 Å². The van der Waals surface area contributed by atoms with Crippen LogP contribution in [-0.2, 0) is 4.74 Å². The summed E-state index contributed by atoms with van der Waals surface area (Å²) in [7, 11) is 3.58. The molecule has 0 unspecified atom stereocenters. The van der Waals surface area contributed by atoms with Gasteiger partial charge in [-0.25, -0.2) is 4.79 Å². The van der Waals surface area contributed by atoms with Crippen molar-refractivity contribution in [1.82, 2.24) is 4.90 Å². The second-order valence-corrected chi connectivity index (χ2v) is 10.2. The van der Waals surface area contributed by atoms with Crippen LogP contribution in [0.15, 0.2) is 0 Å². The fourth-order valence-corrected chi connectivity index (χ4v) is 7.34.